The molecule has 88 valence electrons. The quantitative estimate of drug-likeness (QED) is 0.617. The number of rotatable bonds is 6. The molecule has 0 bridgehead atoms. The number of carbonyl (C=O) groups is 1. The average Bonchev–Trinajstić information content (AvgIpc) is 2.70. The van der Waals surface area contributed by atoms with Crippen LogP contribution in [0, 0.1) is 5.92 Å². The number of hydrogen-bond acceptors (Lipinski definition) is 4. The van der Waals surface area contributed by atoms with Gasteiger partial charge in [0.15, 0.2) is 0 Å². The molecule has 1 saturated heterocycles. The van der Waals surface area contributed by atoms with E-state index >= 15 is 0 Å². The highest BCUT2D eigenvalue weighted by atomic mass is 16.5. The van der Waals surface area contributed by atoms with E-state index in [0.29, 0.717) is 12.3 Å². The van der Waals surface area contributed by atoms with Crippen LogP contribution in [-0.4, -0.2) is 51.3 Å². The Labute approximate surface area is 91.5 Å². The van der Waals surface area contributed by atoms with Crippen molar-refractivity contribution < 1.29 is 14.3 Å². The molecule has 0 N–H and O–H groups in total. The maximum atomic E-state index is 10.9. The maximum absolute atomic E-state index is 10.9. The van der Waals surface area contributed by atoms with E-state index in [2.05, 4.69) is 16.7 Å². The van der Waals surface area contributed by atoms with E-state index in [1.807, 2.05) is 0 Å². The molecule has 1 unspecified atom stereocenters. The topological polar surface area (TPSA) is 38.8 Å². The summed E-state index contributed by atoms with van der Waals surface area (Å²) in [6, 6.07) is 0. The molecule has 0 spiro atoms. The maximum Gasteiger partial charge on any atom is 0.305 e. The van der Waals surface area contributed by atoms with Crippen molar-refractivity contribution >= 4 is 5.97 Å². The fourth-order valence-corrected chi connectivity index (χ4v) is 1.85. The summed E-state index contributed by atoms with van der Waals surface area (Å²) in [6.07, 6.45) is 2.56. The molecule has 0 amide bonds. The van der Waals surface area contributed by atoms with Crippen molar-refractivity contribution in [3.05, 3.63) is 0 Å². The first-order valence-corrected chi connectivity index (χ1v) is 5.55. The minimum atomic E-state index is -0.118. The van der Waals surface area contributed by atoms with Crippen LogP contribution in [0.3, 0.4) is 0 Å². The van der Waals surface area contributed by atoms with Crippen molar-refractivity contribution in [2.45, 2.75) is 19.3 Å². The van der Waals surface area contributed by atoms with Crippen LogP contribution in [0.1, 0.15) is 19.3 Å². The van der Waals surface area contributed by atoms with E-state index in [9.17, 15) is 4.79 Å². The molecule has 0 radical (unpaired) electrons. The van der Waals surface area contributed by atoms with Crippen LogP contribution in [-0.2, 0) is 14.3 Å². The predicted molar refractivity (Wildman–Crippen MR) is 57.7 cm³/mol. The molecular formula is C11H21NO3. The third-order valence-electron chi connectivity index (χ3n) is 2.74. The summed E-state index contributed by atoms with van der Waals surface area (Å²) in [5.74, 6) is 0.556. The first kappa shape index (κ1) is 12.5. The van der Waals surface area contributed by atoms with Gasteiger partial charge in [0.2, 0.25) is 0 Å². The molecule has 4 heteroatoms. The van der Waals surface area contributed by atoms with Gasteiger partial charge in [-0.05, 0) is 32.4 Å². The third-order valence-corrected chi connectivity index (χ3v) is 2.74. The van der Waals surface area contributed by atoms with Gasteiger partial charge in [-0.1, -0.05) is 0 Å². The first-order chi connectivity index (χ1) is 7.22. The Morgan fingerprint density at radius 2 is 2.40 bits per heavy atom. The standard InChI is InChI=1S/C11H21NO3/c1-12(6-3-4-11(13)14-2)8-10-5-7-15-9-10/h10H,3-9H2,1-2H3. The molecule has 0 aromatic rings. The SMILES string of the molecule is COC(=O)CCCN(C)CC1CCOC1. The smallest absolute Gasteiger partial charge is 0.305 e. The lowest BCUT2D eigenvalue weighted by Crippen LogP contribution is -2.27. The Morgan fingerprint density at radius 1 is 1.60 bits per heavy atom. The normalized spacial score (nSPS) is 20.9. The molecule has 1 aliphatic rings. The van der Waals surface area contributed by atoms with Crippen LogP contribution in [0.5, 0.6) is 0 Å². The van der Waals surface area contributed by atoms with Crippen LogP contribution < -0.4 is 0 Å². The fraction of sp³-hybridized carbons (Fsp3) is 0.909. The Morgan fingerprint density at radius 3 is 3.00 bits per heavy atom. The van der Waals surface area contributed by atoms with Gasteiger partial charge in [-0.3, -0.25) is 4.79 Å². The third kappa shape index (κ3) is 5.14. The van der Waals surface area contributed by atoms with Crippen LogP contribution in [0.2, 0.25) is 0 Å². The molecule has 0 aromatic carbocycles. The van der Waals surface area contributed by atoms with Crippen molar-refractivity contribution in [2.75, 3.05) is 40.5 Å². The van der Waals surface area contributed by atoms with Gasteiger partial charge in [-0.25, -0.2) is 0 Å². The van der Waals surface area contributed by atoms with Crippen molar-refractivity contribution in [1.82, 2.24) is 4.90 Å². The van der Waals surface area contributed by atoms with Gasteiger partial charge in [-0.15, -0.1) is 0 Å². The summed E-state index contributed by atoms with van der Waals surface area (Å²) < 4.78 is 9.91. The monoisotopic (exact) mass is 215 g/mol. The van der Waals surface area contributed by atoms with Gasteiger partial charge in [0.05, 0.1) is 13.7 Å². The Kier molecular flexibility index (Phi) is 5.65. The van der Waals surface area contributed by atoms with Crippen LogP contribution in [0.4, 0.5) is 0 Å². The second-order valence-electron chi connectivity index (χ2n) is 4.17. The van der Waals surface area contributed by atoms with E-state index in [1.165, 1.54) is 13.5 Å². The minimum absolute atomic E-state index is 0.118. The van der Waals surface area contributed by atoms with Gasteiger partial charge in [0.1, 0.15) is 0 Å². The van der Waals surface area contributed by atoms with Crippen molar-refractivity contribution in [3.63, 3.8) is 0 Å². The van der Waals surface area contributed by atoms with E-state index in [4.69, 9.17) is 4.74 Å². The number of methoxy groups -OCH3 is 1. The number of esters is 1. The summed E-state index contributed by atoms with van der Waals surface area (Å²) in [5, 5.41) is 0. The van der Waals surface area contributed by atoms with E-state index < -0.39 is 0 Å². The molecule has 1 atom stereocenters. The molecule has 1 aliphatic heterocycles. The van der Waals surface area contributed by atoms with E-state index in [1.54, 1.807) is 0 Å². The summed E-state index contributed by atoms with van der Waals surface area (Å²) >= 11 is 0. The average molecular weight is 215 g/mol. The second kappa shape index (κ2) is 6.80. The fourth-order valence-electron chi connectivity index (χ4n) is 1.85. The molecular weight excluding hydrogens is 194 g/mol. The highest BCUT2D eigenvalue weighted by Gasteiger charge is 2.17. The molecule has 1 fully saturated rings. The number of ether oxygens (including phenoxy) is 2. The molecule has 4 nitrogen and oxygen atoms in total. The summed E-state index contributed by atoms with van der Waals surface area (Å²) in [7, 11) is 3.53. The molecule has 0 saturated carbocycles. The molecule has 1 heterocycles. The zero-order chi connectivity index (χ0) is 11.1. The van der Waals surface area contributed by atoms with E-state index in [-0.39, 0.29) is 5.97 Å². The van der Waals surface area contributed by atoms with Gasteiger partial charge in [0.25, 0.3) is 0 Å². The lowest BCUT2D eigenvalue weighted by molar-refractivity contribution is -0.140. The lowest BCUT2D eigenvalue weighted by atomic mass is 10.1. The molecule has 15 heavy (non-hydrogen) atoms. The van der Waals surface area contributed by atoms with Crippen molar-refractivity contribution in [2.24, 2.45) is 5.92 Å². The highest BCUT2D eigenvalue weighted by molar-refractivity contribution is 5.69. The lowest BCUT2D eigenvalue weighted by Gasteiger charge is -2.19. The van der Waals surface area contributed by atoms with Crippen LogP contribution in [0.15, 0.2) is 0 Å². The Hall–Kier alpha value is -0.610. The first-order valence-electron chi connectivity index (χ1n) is 5.55. The Bertz CT molecular complexity index is 190. The molecule has 1 rings (SSSR count). The number of nitrogens with zero attached hydrogens (tertiary/aromatic N) is 1. The van der Waals surface area contributed by atoms with Gasteiger partial charge in [0, 0.05) is 19.6 Å². The largest absolute Gasteiger partial charge is 0.469 e. The minimum Gasteiger partial charge on any atom is -0.469 e. The van der Waals surface area contributed by atoms with Crippen LogP contribution in [0.25, 0.3) is 0 Å². The zero-order valence-electron chi connectivity index (χ0n) is 9.70. The van der Waals surface area contributed by atoms with Gasteiger partial charge < -0.3 is 14.4 Å². The zero-order valence-corrected chi connectivity index (χ0v) is 9.70. The summed E-state index contributed by atoms with van der Waals surface area (Å²) in [4.78, 5) is 13.1. The van der Waals surface area contributed by atoms with Crippen LogP contribution >= 0.6 is 0 Å². The second-order valence-corrected chi connectivity index (χ2v) is 4.17. The van der Waals surface area contributed by atoms with Crippen molar-refractivity contribution in [1.29, 1.82) is 0 Å². The Balaban J connectivity index is 2.02. The number of carbonyl (C=O) groups excluding carboxylic acids is 1. The summed E-state index contributed by atoms with van der Waals surface area (Å²) in [5.41, 5.74) is 0. The van der Waals surface area contributed by atoms with Gasteiger partial charge in [-0.2, -0.15) is 0 Å². The van der Waals surface area contributed by atoms with Crippen molar-refractivity contribution in [3.8, 4) is 0 Å². The van der Waals surface area contributed by atoms with E-state index in [0.717, 1.165) is 32.7 Å². The predicted octanol–water partition coefficient (Wildman–Crippen LogP) is 0.908. The number of hydrogen-bond donors (Lipinski definition) is 0. The molecule has 0 aromatic heterocycles. The molecule has 0 aliphatic carbocycles. The summed E-state index contributed by atoms with van der Waals surface area (Å²) in [6.45, 7) is 3.81. The van der Waals surface area contributed by atoms with Gasteiger partial charge >= 0.3 is 5.97 Å². The highest BCUT2D eigenvalue weighted by Crippen LogP contribution is 2.13.